The van der Waals surface area contributed by atoms with Gasteiger partial charge < -0.3 is 10.3 Å². The van der Waals surface area contributed by atoms with Crippen LogP contribution in [0.1, 0.15) is 21.9 Å². The molecular weight excluding hydrogens is 264 g/mol. The van der Waals surface area contributed by atoms with Crippen molar-refractivity contribution in [2.45, 2.75) is 13.3 Å². The monoisotopic (exact) mass is 280 g/mol. The van der Waals surface area contributed by atoms with Gasteiger partial charge in [0.25, 0.3) is 5.91 Å². The van der Waals surface area contributed by atoms with Crippen LogP contribution in [0.3, 0.4) is 0 Å². The Morgan fingerprint density at radius 1 is 1.24 bits per heavy atom. The minimum absolute atomic E-state index is 0.112. The molecule has 2 heterocycles. The van der Waals surface area contributed by atoms with Crippen LogP contribution >= 0.6 is 0 Å². The van der Waals surface area contributed by atoms with E-state index in [1.165, 1.54) is 0 Å². The Hall–Kier alpha value is -2.69. The van der Waals surface area contributed by atoms with Gasteiger partial charge in [0.2, 0.25) is 0 Å². The lowest BCUT2D eigenvalue weighted by atomic mass is 10.2. The second kappa shape index (κ2) is 5.75. The average molecular weight is 280 g/mol. The topological polar surface area (TPSA) is 70.7 Å². The molecule has 5 heteroatoms. The molecule has 2 N–H and O–H groups in total. The van der Waals surface area contributed by atoms with Crippen LogP contribution in [0.2, 0.25) is 0 Å². The highest BCUT2D eigenvalue weighted by Gasteiger charge is 2.06. The molecule has 0 unspecified atom stereocenters. The van der Waals surface area contributed by atoms with Crippen LogP contribution in [-0.2, 0) is 6.42 Å². The van der Waals surface area contributed by atoms with Gasteiger partial charge in [-0.1, -0.05) is 12.1 Å². The van der Waals surface area contributed by atoms with Crippen LogP contribution in [0, 0.1) is 6.92 Å². The number of aryl methyl sites for hydroxylation is 1. The molecule has 0 aliphatic rings. The quantitative estimate of drug-likeness (QED) is 0.770. The summed E-state index contributed by atoms with van der Waals surface area (Å²) in [4.78, 5) is 23.8. The van der Waals surface area contributed by atoms with Gasteiger partial charge in [-0.2, -0.15) is 0 Å². The summed E-state index contributed by atoms with van der Waals surface area (Å²) < 4.78 is 0. The Labute approximate surface area is 122 Å². The minimum Gasteiger partial charge on any atom is -0.352 e. The summed E-state index contributed by atoms with van der Waals surface area (Å²) in [6.45, 7) is 2.43. The molecule has 2 aromatic heterocycles. The Morgan fingerprint density at radius 3 is 2.86 bits per heavy atom. The number of imidazole rings is 1. The highest BCUT2D eigenvalue weighted by atomic mass is 16.1. The lowest BCUT2D eigenvalue weighted by Crippen LogP contribution is -2.26. The Balaban J connectivity index is 1.58. The van der Waals surface area contributed by atoms with E-state index in [1.54, 1.807) is 12.3 Å². The van der Waals surface area contributed by atoms with Gasteiger partial charge in [-0.05, 0) is 31.2 Å². The molecule has 3 rings (SSSR count). The van der Waals surface area contributed by atoms with E-state index in [-0.39, 0.29) is 5.91 Å². The number of fused-ring (bicyclic) bond motifs is 1. The third-order valence-corrected chi connectivity index (χ3v) is 3.26. The lowest BCUT2D eigenvalue weighted by molar-refractivity contribution is 0.0953. The van der Waals surface area contributed by atoms with Crippen molar-refractivity contribution < 1.29 is 4.79 Å². The fraction of sp³-hybridized carbons (Fsp3) is 0.188. The summed E-state index contributed by atoms with van der Waals surface area (Å²) >= 11 is 0. The standard InChI is InChI=1S/C16H16N4O/c1-11-6-7-12(10-18-11)16(21)17-9-8-15-19-13-4-2-3-5-14(13)20-15/h2-7,10H,8-9H2,1H3,(H,17,21)(H,19,20). The SMILES string of the molecule is Cc1ccc(C(=O)NCCc2nc3ccccc3[nH]2)cn1. The van der Waals surface area contributed by atoms with Gasteiger partial charge in [0.1, 0.15) is 5.82 Å². The van der Waals surface area contributed by atoms with Crippen molar-refractivity contribution in [2.75, 3.05) is 6.54 Å². The number of amides is 1. The summed E-state index contributed by atoms with van der Waals surface area (Å²) in [7, 11) is 0. The number of benzene rings is 1. The number of nitrogens with zero attached hydrogens (tertiary/aromatic N) is 2. The number of aromatic nitrogens is 3. The summed E-state index contributed by atoms with van der Waals surface area (Å²) in [6.07, 6.45) is 2.26. The average Bonchev–Trinajstić information content (AvgIpc) is 2.90. The van der Waals surface area contributed by atoms with Crippen molar-refractivity contribution in [2.24, 2.45) is 0 Å². The molecule has 5 nitrogen and oxygen atoms in total. The van der Waals surface area contributed by atoms with Crippen molar-refractivity contribution in [3.63, 3.8) is 0 Å². The van der Waals surface area contributed by atoms with E-state index in [9.17, 15) is 4.79 Å². The van der Waals surface area contributed by atoms with Crippen LogP contribution in [0.5, 0.6) is 0 Å². The van der Waals surface area contributed by atoms with Gasteiger partial charge >= 0.3 is 0 Å². The number of rotatable bonds is 4. The van der Waals surface area contributed by atoms with Crippen molar-refractivity contribution in [3.05, 3.63) is 59.7 Å². The van der Waals surface area contributed by atoms with Gasteiger partial charge in [0.05, 0.1) is 16.6 Å². The first-order chi connectivity index (χ1) is 10.2. The van der Waals surface area contributed by atoms with Crippen molar-refractivity contribution in [1.29, 1.82) is 0 Å². The lowest BCUT2D eigenvalue weighted by Gasteiger charge is -2.03. The van der Waals surface area contributed by atoms with E-state index >= 15 is 0 Å². The molecule has 0 fully saturated rings. The first-order valence-corrected chi connectivity index (χ1v) is 6.87. The fourth-order valence-corrected chi connectivity index (χ4v) is 2.12. The van der Waals surface area contributed by atoms with Crippen molar-refractivity contribution in [1.82, 2.24) is 20.3 Å². The normalized spacial score (nSPS) is 10.7. The number of aromatic amines is 1. The highest BCUT2D eigenvalue weighted by Crippen LogP contribution is 2.10. The van der Waals surface area contributed by atoms with Crippen LogP contribution in [-0.4, -0.2) is 27.4 Å². The first-order valence-electron chi connectivity index (χ1n) is 6.87. The molecule has 1 aromatic carbocycles. The van der Waals surface area contributed by atoms with Crippen molar-refractivity contribution in [3.8, 4) is 0 Å². The van der Waals surface area contributed by atoms with Gasteiger partial charge in [-0.15, -0.1) is 0 Å². The molecule has 0 saturated carbocycles. The number of hydrogen-bond donors (Lipinski definition) is 2. The number of carbonyl (C=O) groups is 1. The molecule has 106 valence electrons. The predicted molar refractivity (Wildman–Crippen MR) is 81.1 cm³/mol. The Kier molecular flexibility index (Phi) is 3.64. The first kappa shape index (κ1) is 13.3. The van der Waals surface area contributed by atoms with E-state index < -0.39 is 0 Å². The molecule has 0 spiro atoms. The second-order valence-electron chi connectivity index (χ2n) is 4.89. The summed E-state index contributed by atoms with van der Waals surface area (Å²) in [5, 5.41) is 2.87. The Bertz CT molecular complexity index is 728. The van der Waals surface area contributed by atoms with E-state index in [0.717, 1.165) is 22.6 Å². The van der Waals surface area contributed by atoms with Gasteiger partial charge in [0.15, 0.2) is 0 Å². The molecule has 0 saturated heterocycles. The zero-order valence-corrected chi connectivity index (χ0v) is 11.8. The second-order valence-corrected chi connectivity index (χ2v) is 4.89. The zero-order chi connectivity index (χ0) is 14.7. The van der Waals surface area contributed by atoms with E-state index in [4.69, 9.17) is 0 Å². The molecule has 0 aliphatic carbocycles. The Morgan fingerprint density at radius 2 is 2.10 bits per heavy atom. The number of para-hydroxylation sites is 2. The number of H-pyrrole nitrogens is 1. The number of nitrogens with one attached hydrogen (secondary N) is 2. The van der Waals surface area contributed by atoms with Gasteiger partial charge in [-0.25, -0.2) is 4.98 Å². The summed E-state index contributed by atoms with van der Waals surface area (Å²) in [5.41, 5.74) is 3.43. The molecule has 1 amide bonds. The molecule has 0 radical (unpaired) electrons. The van der Waals surface area contributed by atoms with E-state index in [1.807, 2.05) is 37.3 Å². The maximum absolute atomic E-state index is 11.9. The molecule has 0 atom stereocenters. The molecule has 0 aliphatic heterocycles. The molecule has 21 heavy (non-hydrogen) atoms. The maximum atomic E-state index is 11.9. The van der Waals surface area contributed by atoms with Crippen LogP contribution < -0.4 is 5.32 Å². The third kappa shape index (κ3) is 3.08. The van der Waals surface area contributed by atoms with Gasteiger partial charge in [-0.3, -0.25) is 9.78 Å². The largest absolute Gasteiger partial charge is 0.352 e. The van der Waals surface area contributed by atoms with E-state index in [0.29, 0.717) is 18.5 Å². The minimum atomic E-state index is -0.112. The number of hydrogen-bond acceptors (Lipinski definition) is 3. The highest BCUT2D eigenvalue weighted by molar-refractivity contribution is 5.93. The molecule has 3 aromatic rings. The number of carbonyl (C=O) groups excluding carboxylic acids is 1. The zero-order valence-electron chi connectivity index (χ0n) is 11.8. The number of pyridine rings is 1. The maximum Gasteiger partial charge on any atom is 0.252 e. The van der Waals surface area contributed by atoms with Crippen molar-refractivity contribution >= 4 is 16.9 Å². The van der Waals surface area contributed by atoms with Crippen LogP contribution in [0.25, 0.3) is 11.0 Å². The van der Waals surface area contributed by atoms with Gasteiger partial charge in [0, 0.05) is 24.9 Å². The van der Waals surface area contributed by atoms with Crippen LogP contribution in [0.4, 0.5) is 0 Å². The predicted octanol–water partition coefficient (Wildman–Crippen LogP) is 2.24. The molecular formula is C16H16N4O. The van der Waals surface area contributed by atoms with E-state index in [2.05, 4.69) is 20.3 Å². The molecule has 0 bridgehead atoms. The van der Waals surface area contributed by atoms with Crippen LogP contribution in [0.15, 0.2) is 42.6 Å². The summed E-state index contributed by atoms with van der Waals surface area (Å²) in [6, 6.07) is 11.5. The summed E-state index contributed by atoms with van der Waals surface area (Å²) in [5.74, 6) is 0.761. The fourth-order valence-electron chi connectivity index (χ4n) is 2.12. The smallest absolute Gasteiger partial charge is 0.252 e. The third-order valence-electron chi connectivity index (χ3n) is 3.26.